The highest BCUT2D eigenvalue weighted by Gasteiger charge is 2.42. The van der Waals surface area contributed by atoms with Crippen molar-refractivity contribution in [2.75, 3.05) is 6.61 Å². The normalized spacial score (nSPS) is 20.3. The van der Waals surface area contributed by atoms with Crippen molar-refractivity contribution >= 4 is 28.9 Å². The molecule has 25 heavy (non-hydrogen) atoms. The van der Waals surface area contributed by atoms with Gasteiger partial charge in [-0.25, -0.2) is 4.39 Å². The summed E-state index contributed by atoms with van der Waals surface area (Å²) < 4.78 is 24.8. The Hall–Kier alpha value is -2.40. The summed E-state index contributed by atoms with van der Waals surface area (Å²) in [5, 5.41) is 0.174. The Balaban J connectivity index is 2.09. The first-order valence-corrected chi connectivity index (χ1v) is 8.29. The van der Waals surface area contributed by atoms with Gasteiger partial charge >= 0.3 is 5.97 Å². The average molecular weight is 363 g/mol. The maximum absolute atomic E-state index is 14.5. The highest BCUT2D eigenvalue weighted by molar-refractivity contribution is 6.31. The average Bonchev–Trinajstić information content (AvgIpc) is 3.09. The molecule has 0 unspecified atom stereocenters. The smallest absolute Gasteiger partial charge is 0.317 e. The van der Waals surface area contributed by atoms with E-state index in [0.717, 1.165) is 0 Å². The third-order valence-electron chi connectivity index (χ3n) is 4.21. The molecule has 1 aromatic heterocycles. The second-order valence-electron chi connectivity index (χ2n) is 5.72. The van der Waals surface area contributed by atoms with Gasteiger partial charge in [0.15, 0.2) is 5.78 Å². The molecule has 0 fully saturated rings. The van der Waals surface area contributed by atoms with Gasteiger partial charge in [0, 0.05) is 16.5 Å². The van der Waals surface area contributed by atoms with Crippen LogP contribution in [0.1, 0.15) is 30.6 Å². The molecule has 4 nitrogen and oxygen atoms in total. The van der Waals surface area contributed by atoms with Gasteiger partial charge in [-0.15, -0.1) is 0 Å². The van der Waals surface area contributed by atoms with Gasteiger partial charge in [-0.05, 0) is 49.3 Å². The highest BCUT2D eigenvalue weighted by Crippen LogP contribution is 2.43. The van der Waals surface area contributed by atoms with E-state index in [0.29, 0.717) is 11.3 Å². The summed E-state index contributed by atoms with van der Waals surface area (Å²) in [7, 11) is 0. The molecule has 0 saturated heterocycles. The third-order valence-corrected chi connectivity index (χ3v) is 4.54. The van der Waals surface area contributed by atoms with Crippen molar-refractivity contribution in [3.8, 4) is 0 Å². The number of benzene rings is 1. The number of halogens is 2. The van der Waals surface area contributed by atoms with E-state index in [-0.39, 0.29) is 23.6 Å². The number of ketones is 1. The number of carbonyl (C=O) groups excluding carboxylic acids is 2. The summed E-state index contributed by atoms with van der Waals surface area (Å²) in [6.45, 7) is 1.79. The number of hydrogen-bond donors (Lipinski definition) is 0. The lowest BCUT2D eigenvalue weighted by Gasteiger charge is -2.29. The summed E-state index contributed by atoms with van der Waals surface area (Å²) in [4.78, 5) is 25.0. The monoisotopic (exact) mass is 362 g/mol. The van der Waals surface area contributed by atoms with Crippen molar-refractivity contribution < 1.29 is 23.1 Å². The van der Waals surface area contributed by atoms with Crippen molar-refractivity contribution in [1.82, 2.24) is 0 Å². The van der Waals surface area contributed by atoms with E-state index in [1.54, 1.807) is 19.1 Å². The zero-order valence-electron chi connectivity index (χ0n) is 13.5. The standard InChI is InChI=1S/C19H16ClFO4/c1-2-24-19(23)18-12(17-13(20)5-3-6-14(17)21)9-11(10-15(18)22)16-7-4-8-25-16/h3-8,10,12,18H,2,9H2,1H3/t12-,18-/m0/s1. The van der Waals surface area contributed by atoms with E-state index in [1.807, 2.05) is 0 Å². The van der Waals surface area contributed by atoms with E-state index >= 15 is 0 Å². The molecule has 1 heterocycles. The van der Waals surface area contributed by atoms with E-state index in [4.69, 9.17) is 20.8 Å². The number of carbonyl (C=O) groups is 2. The SMILES string of the molecule is CCOC(=O)[C@@H]1C(=O)C=C(c2ccco2)C[C@H]1c1c(F)cccc1Cl. The first-order chi connectivity index (χ1) is 12.0. The zero-order chi connectivity index (χ0) is 18.0. The second kappa shape index (κ2) is 7.23. The molecule has 0 saturated carbocycles. The number of esters is 1. The first kappa shape index (κ1) is 17.4. The Bertz CT molecular complexity index is 806. The van der Waals surface area contributed by atoms with Crippen LogP contribution in [-0.2, 0) is 14.3 Å². The summed E-state index contributed by atoms with van der Waals surface area (Å²) in [5.74, 6) is -3.06. The minimum atomic E-state index is -1.13. The first-order valence-electron chi connectivity index (χ1n) is 7.91. The van der Waals surface area contributed by atoms with Gasteiger partial charge in [-0.2, -0.15) is 0 Å². The van der Waals surface area contributed by atoms with E-state index in [2.05, 4.69) is 0 Å². The Morgan fingerprint density at radius 2 is 2.16 bits per heavy atom. The van der Waals surface area contributed by atoms with Crippen molar-refractivity contribution in [3.63, 3.8) is 0 Å². The fourth-order valence-electron chi connectivity index (χ4n) is 3.15. The maximum atomic E-state index is 14.5. The molecule has 0 aliphatic heterocycles. The van der Waals surface area contributed by atoms with Crippen LogP contribution in [0.2, 0.25) is 5.02 Å². The number of furan rings is 1. The van der Waals surface area contributed by atoms with Gasteiger partial charge in [0.1, 0.15) is 17.5 Å². The Kier molecular flexibility index (Phi) is 5.04. The summed E-state index contributed by atoms with van der Waals surface area (Å²) in [6.07, 6.45) is 3.10. The second-order valence-corrected chi connectivity index (χ2v) is 6.13. The predicted octanol–water partition coefficient (Wildman–Crippen LogP) is 4.39. The number of allylic oxidation sites excluding steroid dienone is 2. The van der Waals surface area contributed by atoms with Gasteiger partial charge in [0.25, 0.3) is 0 Å². The summed E-state index contributed by atoms with van der Waals surface area (Å²) in [5.41, 5.74) is 0.743. The molecular formula is C19H16ClFO4. The van der Waals surface area contributed by atoms with E-state index in [9.17, 15) is 14.0 Å². The van der Waals surface area contributed by atoms with Crippen LogP contribution in [0.15, 0.2) is 47.1 Å². The molecule has 0 bridgehead atoms. The predicted molar refractivity (Wildman–Crippen MR) is 90.6 cm³/mol. The van der Waals surface area contributed by atoms with Gasteiger partial charge in [-0.3, -0.25) is 9.59 Å². The van der Waals surface area contributed by atoms with Crippen LogP contribution in [0.3, 0.4) is 0 Å². The molecule has 1 aromatic carbocycles. The lowest BCUT2D eigenvalue weighted by atomic mass is 9.74. The molecular weight excluding hydrogens is 347 g/mol. The number of rotatable bonds is 4. The molecule has 0 spiro atoms. The van der Waals surface area contributed by atoms with Crippen LogP contribution in [0, 0.1) is 11.7 Å². The molecule has 2 aromatic rings. The van der Waals surface area contributed by atoms with Crippen LogP contribution >= 0.6 is 11.6 Å². The maximum Gasteiger partial charge on any atom is 0.317 e. The minimum absolute atomic E-state index is 0.134. The van der Waals surface area contributed by atoms with Gasteiger partial charge in [0.05, 0.1) is 12.9 Å². The summed E-state index contributed by atoms with van der Waals surface area (Å²) >= 11 is 6.18. The molecule has 3 rings (SSSR count). The lowest BCUT2D eigenvalue weighted by molar-refractivity contribution is -0.151. The largest absolute Gasteiger partial charge is 0.465 e. The molecule has 2 atom stereocenters. The fourth-order valence-corrected chi connectivity index (χ4v) is 3.46. The van der Waals surface area contributed by atoms with Gasteiger partial charge in [0.2, 0.25) is 0 Å². The third kappa shape index (κ3) is 3.37. The Morgan fingerprint density at radius 1 is 1.36 bits per heavy atom. The zero-order valence-corrected chi connectivity index (χ0v) is 14.3. The topological polar surface area (TPSA) is 56.5 Å². The van der Waals surface area contributed by atoms with Crippen LogP contribution in [0.25, 0.3) is 5.57 Å². The summed E-state index contributed by atoms with van der Waals surface area (Å²) in [6, 6.07) is 7.69. The van der Waals surface area contributed by atoms with Crippen molar-refractivity contribution in [2.45, 2.75) is 19.3 Å². The fraction of sp³-hybridized carbons (Fsp3) is 0.263. The Morgan fingerprint density at radius 3 is 2.80 bits per heavy atom. The number of ether oxygens (including phenoxy) is 1. The Labute approximate surface area is 149 Å². The molecule has 130 valence electrons. The molecule has 0 radical (unpaired) electrons. The molecule has 1 aliphatic carbocycles. The quantitative estimate of drug-likeness (QED) is 0.598. The number of hydrogen-bond acceptors (Lipinski definition) is 4. The molecule has 0 N–H and O–H groups in total. The van der Waals surface area contributed by atoms with Crippen LogP contribution in [0.4, 0.5) is 4.39 Å². The van der Waals surface area contributed by atoms with E-state index < -0.39 is 29.4 Å². The lowest BCUT2D eigenvalue weighted by Crippen LogP contribution is -2.34. The van der Waals surface area contributed by atoms with Crippen molar-refractivity contribution in [2.24, 2.45) is 5.92 Å². The van der Waals surface area contributed by atoms with Crippen molar-refractivity contribution in [1.29, 1.82) is 0 Å². The minimum Gasteiger partial charge on any atom is -0.465 e. The van der Waals surface area contributed by atoms with E-state index in [1.165, 1.54) is 30.5 Å². The molecule has 1 aliphatic rings. The van der Waals surface area contributed by atoms with Crippen LogP contribution in [-0.4, -0.2) is 18.4 Å². The van der Waals surface area contributed by atoms with Crippen molar-refractivity contribution in [3.05, 3.63) is 64.8 Å². The van der Waals surface area contributed by atoms with Gasteiger partial charge < -0.3 is 9.15 Å². The van der Waals surface area contributed by atoms with Gasteiger partial charge in [-0.1, -0.05) is 17.7 Å². The molecule has 6 heteroatoms. The highest BCUT2D eigenvalue weighted by atomic mass is 35.5. The molecule has 0 amide bonds. The van der Waals surface area contributed by atoms with Crippen LogP contribution in [0.5, 0.6) is 0 Å². The van der Waals surface area contributed by atoms with Crippen LogP contribution < -0.4 is 0 Å².